The summed E-state index contributed by atoms with van der Waals surface area (Å²) in [6.45, 7) is 2.21. The molecule has 0 amide bonds. The van der Waals surface area contributed by atoms with Gasteiger partial charge in [-0.15, -0.1) is 10.1 Å². The van der Waals surface area contributed by atoms with Gasteiger partial charge in [0.2, 0.25) is 0 Å². The Bertz CT molecular complexity index is 442. The van der Waals surface area contributed by atoms with Crippen molar-refractivity contribution in [1.82, 2.24) is 0 Å². The van der Waals surface area contributed by atoms with E-state index in [1.807, 2.05) is 0 Å². The second-order valence-corrected chi connectivity index (χ2v) is 8.48. The van der Waals surface area contributed by atoms with Crippen LogP contribution in [-0.4, -0.2) is 72.5 Å². The van der Waals surface area contributed by atoms with Crippen LogP contribution in [0.25, 0.3) is 0 Å². The molecule has 0 aromatic heterocycles. The van der Waals surface area contributed by atoms with E-state index in [1.54, 1.807) is 21.6 Å². The summed E-state index contributed by atoms with van der Waals surface area (Å²) in [6, 6.07) is 0. The highest BCUT2D eigenvalue weighted by atomic mass is 33.1. The lowest BCUT2D eigenvalue weighted by Crippen LogP contribution is -2.33. The largest absolute Gasteiger partial charge is 0.374 e. The lowest BCUT2D eigenvalue weighted by molar-refractivity contribution is -0.769. The van der Waals surface area contributed by atoms with Crippen LogP contribution in [0.2, 0.25) is 0 Å². The highest BCUT2D eigenvalue weighted by molar-refractivity contribution is 8.77. The van der Waals surface area contributed by atoms with Gasteiger partial charge in [0.05, 0.1) is 42.5 Å². The molecule has 0 aliphatic carbocycles. The van der Waals surface area contributed by atoms with Crippen molar-refractivity contribution in [2.45, 2.75) is 47.4 Å². The molecule has 0 saturated carbocycles. The van der Waals surface area contributed by atoms with E-state index in [2.05, 4.69) is 4.84 Å². The Morgan fingerprint density at radius 2 is 1.68 bits per heavy atom. The molecule has 7 atom stereocenters. The van der Waals surface area contributed by atoms with E-state index >= 15 is 0 Å². The molecule has 0 aromatic carbocycles. The molecule has 8 nitrogen and oxygen atoms in total. The average molecular weight is 351 g/mol. The summed E-state index contributed by atoms with van der Waals surface area (Å²) in [7, 11) is 3.46. The van der Waals surface area contributed by atoms with Crippen LogP contribution >= 0.6 is 21.6 Å². The van der Waals surface area contributed by atoms with Crippen molar-refractivity contribution in [3.8, 4) is 0 Å². The summed E-state index contributed by atoms with van der Waals surface area (Å²) < 4.78 is 22.8. The van der Waals surface area contributed by atoms with Crippen molar-refractivity contribution in [1.29, 1.82) is 0 Å². The number of rotatable bonds is 5. The zero-order chi connectivity index (χ0) is 15.1. The van der Waals surface area contributed by atoms with E-state index in [0.29, 0.717) is 18.5 Å². The van der Waals surface area contributed by atoms with Gasteiger partial charge in [-0.1, -0.05) is 21.6 Å². The Morgan fingerprint density at radius 1 is 0.955 bits per heavy atom. The number of ether oxygens (including phenoxy) is 4. The predicted molar refractivity (Wildman–Crippen MR) is 78.2 cm³/mol. The number of nitrogens with zero attached hydrogens (tertiary/aromatic N) is 1. The molecule has 0 N–H and O–H groups in total. The lowest BCUT2D eigenvalue weighted by atomic mass is 10.1. The average Bonchev–Trinajstić information content (AvgIpc) is 3.19. The molecule has 124 valence electrons. The monoisotopic (exact) mass is 351 g/mol. The summed E-state index contributed by atoms with van der Waals surface area (Å²) in [6.07, 6.45) is 0.293. The summed E-state index contributed by atoms with van der Waals surface area (Å²) in [5.74, 6) is 0. The number of hydrogen-bond donors (Lipinski definition) is 0. The molecular weight excluding hydrogens is 334 g/mol. The minimum absolute atomic E-state index is 0.148. The SMILES string of the molecule is O=[N+]([O-])OC1COC2C(SSC3COC4CCOC43)COC12. The van der Waals surface area contributed by atoms with Gasteiger partial charge in [0.25, 0.3) is 5.09 Å². The van der Waals surface area contributed by atoms with Crippen LogP contribution in [0.3, 0.4) is 0 Å². The molecule has 4 saturated heterocycles. The Balaban J connectivity index is 1.29. The quantitative estimate of drug-likeness (QED) is 0.403. The van der Waals surface area contributed by atoms with E-state index < -0.39 is 11.2 Å². The van der Waals surface area contributed by atoms with E-state index in [0.717, 1.165) is 13.0 Å². The first-order valence-electron chi connectivity index (χ1n) is 7.32. The van der Waals surface area contributed by atoms with Gasteiger partial charge in [0.1, 0.15) is 12.2 Å². The van der Waals surface area contributed by atoms with E-state index in [9.17, 15) is 10.1 Å². The molecule has 0 spiro atoms. The number of fused-ring (bicyclic) bond motifs is 2. The second kappa shape index (κ2) is 6.33. The Labute approximate surface area is 135 Å². The maximum absolute atomic E-state index is 10.5. The fourth-order valence-corrected chi connectivity index (χ4v) is 6.47. The van der Waals surface area contributed by atoms with Crippen molar-refractivity contribution in [2.24, 2.45) is 0 Å². The Hall–Kier alpha value is -0.260. The van der Waals surface area contributed by atoms with Gasteiger partial charge in [-0.25, -0.2) is 0 Å². The van der Waals surface area contributed by atoms with Gasteiger partial charge in [-0.05, 0) is 6.42 Å². The molecular formula is C12H17NO7S2. The third-order valence-corrected chi connectivity index (χ3v) is 7.64. The molecule has 0 radical (unpaired) electrons. The summed E-state index contributed by atoms with van der Waals surface area (Å²) in [5.41, 5.74) is 0. The maximum Gasteiger partial charge on any atom is 0.294 e. The summed E-state index contributed by atoms with van der Waals surface area (Å²) in [4.78, 5) is 15.1. The van der Waals surface area contributed by atoms with Crippen LogP contribution in [0.5, 0.6) is 0 Å². The van der Waals surface area contributed by atoms with Crippen LogP contribution in [0.15, 0.2) is 0 Å². The molecule has 7 unspecified atom stereocenters. The molecule has 4 aliphatic heterocycles. The molecule has 4 aliphatic rings. The fraction of sp³-hybridized carbons (Fsp3) is 1.00. The van der Waals surface area contributed by atoms with Gasteiger partial charge in [-0.3, -0.25) is 0 Å². The minimum Gasteiger partial charge on any atom is -0.374 e. The highest BCUT2D eigenvalue weighted by Crippen LogP contribution is 2.45. The van der Waals surface area contributed by atoms with E-state index in [-0.39, 0.29) is 36.3 Å². The van der Waals surface area contributed by atoms with E-state index in [4.69, 9.17) is 18.9 Å². The highest BCUT2D eigenvalue weighted by Gasteiger charge is 2.50. The van der Waals surface area contributed by atoms with Gasteiger partial charge in [0, 0.05) is 6.61 Å². The van der Waals surface area contributed by atoms with Crippen LogP contribution in [0.4, 0.5) is 0 Å². The van der Waals surface area contributed by atoms with E-state index in [1.165, 1.54) is 0 Å². The van der Waals surface area contributed by atoms with Crippen LogP contribution in [0, 0.1) is 10.1 Å². The van der Waals surface area contributed by atoms with Crippen molar-refractivity contribution >= 4 is 21.6 Å². The zero-order valence-corrected chi connectivity index (χ0v) is 13.3. The number of hydrogen-bond acceptors (Lipinski definition) is 9. The lowest BCUT2D eigenvalue weighted by Gasteiger charge is -2.19. The van der Waals surface area contributed by atoms with Crippen molar-refractivity contribution in [2.75, 3.05) is 26.4 Å². The van der Waals surface area contributed by atoms with Crippen LogP contribution in [-0.2, 0) is 23.8 Å². The molecule has 4 rings (SSSR count). The summed E-state index contributed by atoms with van der Waals surface area (Å²) in [5, 5.41) is 10.2. The normalized spacial score (nSPS) is 46.6. The third-order valence-electron chi connectivity index (χ3n) is 4.41. The van der Waals surface area contributed by atoms with Crippen molar-refractivity contribution < 1.29 is 28.9 Å². The molecule has 0 aromatic rings. The minimum atomic E-state index is -0.775. The topological polar surface area (TPSA) is 89.3 Å². The second-order valence-electron chi connectivity index (χ2n) is 5.73. The predicted octanol–water partition coefficient (Wildman–Crippen LogP) is 0.667. The van der Waals surface area contributed by atoms with Gasteiger partial charge < -0.3 is 23.8 Å². The van der Waals surface area contributed by atoms with Crippen molar-refractivity contribution in [3.63, 3.8) is 0 Å². The van der Waals surface area contributed by atoms with Gasteiger partial charge in [0.15, 0.2) is 6.10 Å². The van der Waals surface area contributed by atoms with Crippen LogP contribution < -0.4 is 0 Å². The fourth-order valence-electron chi connectivity index (χ4n) is 3.37. The zero-order valence-electron chi connectivity index (χ0n) is 11.7. The first-order chi connectivity index (χ1) is 10.7. The molecule has 0 bridgehead atoms. The van der Waals surface area contributed by atoms with Crippen LogP contribution in [0.1, 0.15) is 6.42 Å². The molecule has 4 fully saturated rings. The molecule has 10 heteroatoms. The first-order valence-corrected chi connectivity index (χ1v) is 9.59. The smallest absolute Gasteiger partial charge is 0.294 e. The molecule has 4 heterocycles. The standard InChI is InChI=1S/C12H17NO7S2/c14-13(15)20-7-3-18-12-9(5-19-11(7)12)22-21-8-4-17-6-1-2-16-10(6)8/h6-12H,1-5H2. The van der Waals surface area contributed by atoms with Crippen molar-refractivity contribution in [3.05, 3.63) is 10.1 Å². The summed E-state index contributed by atoms with van der Waals surface area (Å²) >= 11 is 0. The first kappa shape index (κ1) is 15.3. The Kier molecular flexibility index (Phi) is 4.39. The molecule has 22 heavy (non-hydrogen) atoms. The van der Waals surface area contributed by atoms with Gasteiger partial charge in [-0.2, -0.15) is 0 Å². The Morgan fingerprint density at radius 3 is 2.50 bits per heavy atom. The third kappa shape index (κ3) is 2.80. The van der Waals surface area contributed by atoms with Gasteiger partial charge >= 0.3 is 0 Å². The maximum atomic E-state index is 10.5.